The maximum atomic E-state index is 12.3. The van der Waals surface area contributed by atoms with E-state index in [1.165, 1.54) is 11.3 Å². The van der Waals surface area contributed by atoms with Crippen LogP contribution in [0.5, 0.6) is 0 Å². The van der Waals surface area contributed by atoms with Crippen molar-refractivity contribution >= 4 is 44.6 Å². The molecule has 7 heteroatoms. The maximum absolute atomic E-state index is 12.3. The topological polar surface area (TPSA) is 54.4 Å². The van der Waals surface area contributed by atoms with E-state index < -0.39 is 10.1 Å². The summed E-state index contributed by atoms with van der Waals surface area (Å²) < 4.78 is 34.5. The van der Waals surface area contributed by atoms with Gasteiger partial charge >= 0.3 is 0 Å². The zero-order chi connectivity index (χ0) is 17.4. The van der Waals surface area contributed by atoms with Gasteiger partial charge in [0.1, 0.15) is 4.90 Å². The van der Waals surface area contributed by atoms with Crippen LogP contribution in [-0.2, 0) is 10.1 Å². The van der Waals surface area contributed by atoms with Gasteiger partial charge in [-0.05, 0) is 73.4 Å². The van der Waals surface area contributed by atoms with E-state index in [4.69, 9.17) is 0 Å². The lowest BCUT2D eigenvalue weighted by atomic mass is 9.92. The van der Waals surface area contributed by atoms with E-state index in [2.05, 4.69) is 0 Å². The average molecular weight is 407 g/mol. The summed E-state index contributed by atoms with van der Waals surface area (Å²) in [5, 5.41) is 9.85. The zero-order valence-electron chi connectivity index (χ0n) is 13.0. The van der Waals surface area contributed by atoms with Gasteiger partial charge in [0.25, 0.3) is 10.1 Å². The van der Waals surface area contributed by atoms with Crippen LogP contribution in [0.1, 0.15) is 11.5 Å². The number of thiophene rings is 2. The summed E-state index contributed by atoms with van der Waals surface area (Å²) in [5.74, 6) is 0.747. The minimum Gasteiger partial charge on any atom is -0.282 e. The second-order valence-electron chi connectivity index (χ2n) is 5.71. The number of rotatable bonds is 4. The molecule has 0 bridgehead atoms. The van der Waals surface area contributed by atoms with Crippen LogP contribution >= 0.6 is 34.4 Å². The lowest BCUT2D eigenvalue weighted by Crippen LogP contribution is -2.09. The molecule has 0 fully saturated rings. The normalized spacial score (nSPS) is 17.2. The quantitative estimate of drug-likeness (QED) is 0.562. The van der Waals surface area contributed by atoms with E-state index in [-0.39, 0.29) is 10.8 Å². The molecule has 1 N–H and O–H groups in total. The molecule has 3 aromatic rings. The van der Waals surface area contributed by atoms with Crippen LogP contribution in [0, 0.1) is 0 Å². The second-order valence-corrected chi connectivity index (χ2v) is 9.57. The lowest BCUT2D eigenvalue weighted by Gasteiger charge is -2.18. The Labute approximate surface area is 158 Å². The molecule has 4 rings (SSSR count). The molecule has 0 spiro atoms. The van der Waals surface area contributed by atoms with E-state index in [1.54, 1.807) is 23.1 Å². The number of thioether (sulfide) groups is 1. The largest absolute Gasteiger partial charge is 0.295 e. The van der Waals surface area contributed by atoms with Crippen LogP contribution in [0.3, 0.4) is 0 Å². The molecule has 0 amide bonds. The van der Waals surface area contributed by atoms with E-state index in [1.807, 2.05) is 57.3 Å². The highest BCUT2D eigenvalue weighted by molar-refractivity contribution is 8.02. The van der Waals surface area contributed by atoms with Gasteiger partial charge in [-0.15, -0.1) is 11.8 Å². The Kier molecular flexibility index (Phi) is 4.59. The van der Waals surface area contributed by atoms with Crippen molar-refractivity contribution in [2.45, 2.75) is 10.8 Å². The summed E-state index contributed by atoms with van der Waals surface area (Å²) in [7, 11) is -4.35. The van der Waals surface area contributed by atoms with Crippen LogP contribution in [0.25, 0.3) is 22.3 Å². The first-order valence-electron chi connectivity index (χ1n) is 7.53. The zero-order valence-corrected chi connectivity index (χ0v) is 16.2. The van der Waals surface area contributed by atoms with Gasteiger partial charge in [-0.25, -0.2) is 0 Å². The fourth-order valence-corrected chi connectivity index (χ4v) is 6.19. The molecule has 1 atom stereocenters. The third kappa shape index (κ3) is 3.35. The van der Waals surface area contributed by atoms with E-state index in [9.17, 15) is 13.0 Å². The smallest absolute Gasteiger partial charge is 0.282 e. The van der Waals surface area contributed by atoms with Crippen molar-refractivity contribution < 1.29 is 13.0 Å². The molecular formula is C18H14O3S4. The molecule has 1 unspecified atom stereocenters. The van der Waals surface area contributed by atoms with Crippen molar-refractivity contribution in [1.29, 1.82) is 0 Å². The Morgan fingerprint density at radius 1 is 1.00 bits per heavy atom. The second kappa shape index (κ2) is 6.74. The Morgan fingerprint density at radius 3 is 2.28 bits per heavy atom. The SMILES string of the molecule is O=S(=O)(O)c1c(-c2ccsc2)cc(-c2ccsc2)cc1C1C=CSC1. The molecule has 1 aliphatic heterocycles. The fourth-order valence-electron chi connectivity index (χ4n) is 3.00. The van der Waals surface area contributed by atoms with E-state index >= 15 is 0 Å². The Morgan fingerprint density at radius 2 is 1.72 bits per heavy atom. The lowest BCUT2D eigenvalue weighted by molar-refractivity contribution is 0.482. The highest BCUT2D eigenvalue weighted by atomic mass is 32.2. The van der Waals surface area contributed by atoms with Crippen molar-refractivity contribution in [3.05, 3.63) is 62.8 Å². The molecule has 3 nitrogen and oxygen atoms in total. The first kappa shape index (κ1) is 17.1. The van der Waals surface area contributed by atoms with Crippen LogP contribution in [-0.4, -0.2) is 18.7 Å². The van der Waals surface area contributed by atoms with Crippen molar-refractivity contribution in [3.8, 4) is 22.3 Å². The van der Waals surface area contributed by atoms with Gasteiger partial charge in [-0.3, -0.25) is 4.55 Å². The Hall–Kier alpha value is -1.38. The Balaban J connectivity index is 2.05. The predicted molar refractivity (Wildman–Crippen MR) is 107 cm³/mol. The first-order chi connectivity index (χ1) is 12.0. The minimum absolute atomic E-state index is 0.0297. The number of hydrogen-bond donors (Lipinski definition) is 1. The third-order valence-electron chi connectivity index (χ3n) is 4.14. The van der Waals surface area contributed by atoms with Crippen LogP contribution < -0.4 is 0 Å². The van der Waals surface area contributed by atoms with Crippen molar-refractivity contribution in [1.82, 2.24) is 0 Å². The van der Waals surface area contributed by atoms with Gasteiger partial charge in [-0.1, -0.05) is 6.08 Å². The first-order valence-corrected chi connectivity index (χ1v) is 11.9. The monoisotopic (exact) mass is 406 g/mol. The highest BCUT2D eigenvalue weighted by Gasteiger charge is 2.27. The fraction of sp³-hybridized carbons (Fsp3) is 0.111. The summed E-state index contributed by atoms with van der Waals surface area (Å²) in [4.78, 5) is 0.0297. The van der Waals surface area contributed by atoms with Crippen molar-refractivity contribution in [3.63, 3.8) is 0 Å². The molecular weight excluding hydrogens is 392 g/mol. The number of allylic oxidation sites excluding steroid dienone is 1. The summed E-state index contributed by atoms with van der Waals surface area (Å²) in [6, 6.07) is 7.67. The molecule has 25 heavy (non-hydrogen) atoms. The highest BCUT2D eigenvalue weighted by Crippen LogP contribution is 2.42. The Bertz CT molecular complexity index is 1020. The summed E-state index contributed by atoms with van der Waals surface area (Å²) in [6.07, 6.45) is 2.00. The number of benzene rings is 1. The molecule has 0 radical (unpaired) electrons. The average Bonchev–Trinajstić information content (AvgIpc) is 3.36. The van der Waals surface area contributed by atoms with E-state index in [0.29, 0.717) is 11.1 Å². The molecule has 0 saturated carbocycles. The number of hydrogen-bond acceptors (Lipinski definition) is 5. The van der Waals surface area contributed by atoms with Crippen molar-refractivity contribution in [2.75, 3.05) is 5.75 Å². The van der Waals surface area contributed by atoms with Crippen LogP contribution in [0.4, 0.5) is 0 Å². The minimum atomic E-state index is -4.35. The molecule has 0 aliphatic carbocycles. The van der Waals surface area contributed by atoms with Gasteiger partial charge in [-0.2, -0.15) is 31.1 Å². The van der Waals surface area contributed by atoms with Crippen LogP contribution in [0.2, 0.25) is 0 Å². The predicted octanol–water partition coefficient (Wildman–Crippen LogP) is 5.73. The van der Waals surface area contributed by atoms with Gasteiger partial charge in [0, 0.05) is 17.2 Å². The van der Waals surface area contributed by atoms with Gasteiger partial charge < -0.3 is 0 Å². The molecule has 1 aliphatic rings. The van der Waals surface area contributed by atoms with E-state index in [0.717, 1.165) is 22.4 Å². The van der Waals surface area contributed by atoms with Crippen LogP contribution in [0.15, 0.2) is 62.2 Å². The molecule has 3 heterocycles. The standard InChI is InChI=1S/C18H14O3S4/c19-25(20,21)18-16(13-2-5-23-10-13)7-15(12-1-4-22-9-12)8-17(18)14-3-6-24-11-14/h1-10,14H,11H2,(H,19,20,21). The van der Waals surface area contributed by atoms with Gasteiger partial charge in [0.05, 0.1) is 0 Å². The molecule has 2 aromatic heterocycles. The molecule has 1 aromatic carbocycles. The third-order valence-corrected chi connectivity index (χ3v) is 7.38. The summed E-state index contributed by atoms with van der Waals surface area (Å²) in [5.41, 5.74) is 4.06. The molecule has 0 saturated heterocycles. The molecule has 128 valence electrons. The summed E-state index contributed by atoms with van der Waals surface area (Å²) >= 11 is 4.75. The van der Waals surface area contributed by atoms with Gasteiger partial charge in [0.2, 0.25) is 0 Å². The van der Waals surface area contributed by atoms with Gasteiger partial charge in [0.15, 0.2) is 0 Å². The van der Waals surface area contributed by atoms with Crippen molar-refractivity contribution in [2.24, 2.45) is 0 Å². The summed E-state index contributed by atoms with van der Waals surface area (Å²) in [6.45, 7) is 0. The maximum Gasteiger partial charge on any atom is 0.295 e.